The third-order valence-electron chi connectivity index (χ3n) is 5.93. The van der Waals surface area contributed by atoms with Gasteiger partial charge in [0.25, 0.3) is 5.91 Å². The van der Waals surface area contributed by atoms with E-state index in [1.807, 2.05) is 32.0 Å². The van der Waals surface area contributed by atoms with E-state index in [4.69, 9.17) is 15.6 Å². The van der Waals surface area contributed by atoms with Crippen molar-refractivity contribution in [3.8, 4) is 18.1 Å². The van der Waals surface area contributed by atoms with Gasteiger partial charge in [0.1, 0.15) is 23.6 Å². The van der Waals surface area contributed by atoms with E-state index in [0.717, 1.165) is 16.0 Å². The number of aryl methyl sites for hydroxylation is 2. The van der Waals surface area contributed by atoms with Crippen molar-refractivity contribution in [1.29, 1.82) is 0 Å². The fourth-order valence-electron chi connectivity index (χ4n) is 4.08. The quantitative estimate of drug-likeness (QED) is 0.402. The third-order valence-corrected chi connectivity index (χ3v) is 5.93. The number of hydrogen-bond donors (Lipinski definition) is 1. The normalized spacial score (nSPS) is 11.4. The lowest BCUT2D eigenvalue weighted by molar-refractivity contribution is -0.121. The van der Waals surface area contributed by atoms with Gasteiger partial charge >= 0.3 is 5.91 Å². The first kappa shape index (κ1) is 24.3. The fourth-order valence-corrected chi connectivity index (χ4v) is 4.08. The predicted molar refractivity (Wildman–Crippen MR) is 139 cm³/mol. The maximum atomic E-state index is 13.9. The first-order valence-corrected chi connectivity index (χ1v) is 11.2. The van der Waals surface area contributed by atoms with Gasteiger partial charge in [-0.2, -0.15) is 0 Å². The summed E-state index contributed by atoms with van der Waals surface area (Å²) in [5.74, 6) is 1.22. The molecule has 3 aromatic carbocycles. The Labute approximate surface area is 208 Å². The van der Waals surface area contributed by atoms with E-state index in [0.29, 0.717) is 22.7 Å². The molecule has 1 atom stereocenters. The molecule has 1 N–H and O–H groups in total. The number of fused-ring (bicyclic) bond motifs is 1. The van der Waals surface area contributed by atoms with Crippen LogP contribution in [-0.2, 0) is 9.59 Å². The average Bonchev–Trinajstić information content (AvgIpc) is 2.90. The fraction of sp³-hybridized carbons (Fsp3) is 0.138. The molecule has 0 saturated heterocycles. The second-order valence-electron chi connectivity index (χ2n) is 8.19. The second-order valence-corrected chi connectivity index (χ2v) is 8.19. The van der Waals surface area contributed by atoms with Crippen molar-refractivity contribution < 1.29 is 18.7 Å². The van der Waals surface area contributed by atoms with Gasteiger partial charge in [-0.3, -0.25) is 19.3 Å². The molecule has 2 amide bonds. The smallest absolute Gasteiger partial charge is 0.303 e. The molecule has 36 heavy (non-hydrogen) atoms. The number of nitrogens with one attached hydrogen (secondary N) is 1. The molecule has 0 spiro atoms. The maximum Gasteiger partial charge on any atom is 0.303 e. The van der Waals surface area contributed by atoms with E-state index in [1.54, 1.807) is 48.5 Å². The molecular formula is C29H24N2O5. The Balaban J connectivity index is 1.93. The molecule has 7 nitrogen and oxygen atoms in total. The van der Waals surface area contributed by atoms with Crippen LogP contribution in [0.4, 0.5) is 11.4 Å². The van der Waals surface area contributed by atoms with Crippen LogP contribution >= 0.6 is 0 Å². The number of benzene rings is 3. The van der Waals surface area contributed by atoms with Gasteiger partial charge in [0.15, 0.2) is 5.43 Å². The number of carbonyl (C=O) groups is 2. The van der Waals surface area contributed by atoms with Gasteiger partial charge in [0, 0.05) is 11.4 Å². The summed E-state index contributed by atoms with van der Waals surface area (Å²) in [6, 6.07) is 17.3. The van der Waals surface area contributed by atoms with Crippen molar-refractivity contribution in [2.24, 2.45) is 0 Å². The minimum absolute atomic E-state index is 0.0307. The minimum atomic E-state index is -1.41. The summed E-state index contributed by atoms with van der Waals surface area (Å²) >= 11 is 0. The summed E-state index contributed by atoms with van der Waals surface area (Å²) in [5.41, 5.74) is 2.44. The number of para-hydroxylation sites is 2. The van der Waals surface area contributed by atoms with Crippen LogP contribution in [0.1, 0.15) is 22.7 Å². The van der Waals surface area contributed by atoms with E-state index in [2.05, 4.69) is 11.2 Å². The van der Waals surface area contributed by atoms with Crippen LogP contribution < -0.4 is 20.4 Å². The number of ether oxygens (including phenoxy) is 1. The summed E-state index contributed by atoms with van der Waals surface area (Å²) in [6.07, 6.45) is 6.72. The Kier molecular flexibility index (Phi) is 6.88. The number of rotatable bonds is 6. The third kappa shape index (κ3) is 4.57. The highest BCUT2D eigenvalue weighted by atomic mass is 16.5. The Morgan fingerprint density at radius 2 is 1.67 bits per heavy atom. The van der Waals surface area contributed by atoms with Crippen LogP contribution in [0.2, 0.25) is 0 Å². The van der Waals surface area contributed by atoms with Crippen LogP contribution in [0.15, 0.2) is 82.2 Å². The molecule has 1 aromatic heterocycles. The molecule has 0 radical (unpaired) electrons. The van der Waals surface area contributed by atoms with Gasteiger partial charge in [0.05, 0.1) is 18.1 Å². The van der Waals surface area contributed by atoms with Crippen molar-refractivity contribution in [2.45, 2.75) is 19.9 Å². The molecule has 0 saturated carbocycles. The highest BCUT2D eigenvalue weighted by Gasteiger charge is 2.35. The molecule has 4 aromatic rings. The topological polar surface area (TPSA) is 88.8 Å². The monoisotopic (exact) mass is 480 g/mol. The summed E-state index contributed by atoms with van der Waals surface area (Å²) < 4.78 is 10.9. The van der Waals surface area contributed by atoms with E-state index in [-0.39, 0.29) is 10.9 Å². The minimum Gasteiger partial charge on any atom is -0.497 e. The summed E-state index contributed by atoms with van der Waals surface area (Å²) in [4.78, 5) is 41.7. The van der Waals surface area contributed by atoms with Crippen LogP contribution in [0.25, 0.3) is 11.0 Å². The highest BCUT2D eigenvalue weighted by Crippen LogP contribution is 2.31. The summed E-state index contributed by atoms with van der Waals surface area (Å²) in [5, 5.41) is 3.18. The lowest BCUT2D eigenvalue weighted by Crippen LogP contribution is -2.43. The first-order chi connectivity index (χ1) is 17.3. The lowest BCUT2D eigenvalue weighted by atomic mass is 10.0. The molecule has 180 valence electrons. The van der Waals surface area contributed by atoms with Gasteiger partial charge in [-0.15, -0.1) is 6.42 Å². The second kappa shape index (κ2) is 10.2. The largest absolute Gasteiger partial charge is 0.497 e. The van der Waals surface area contributed by atoms with E-state index >= 15 is 0 Å². The van der Waals surface area contributed by atoms with E-state index < -0.39 is 23.3 Å². The van der Waals surface area contributed by atoms with Crippen LogP contribution in [-0.4, -0.2) is 18.9 Å². The Hall–Kier alpha value is -4.83. The zero-order valence-corrected chi connectivity index (χ0v) is 20.1. The predicted octanol–water partition coefficient (Wildman–Crippen LogP) is 4.76. The SMILES string of the molecule is C#CC(=O)N(c1ccc(OC)cc1)C(C(=O)Nc1c(C)cccc1C)c1coc2ccccc2c1=O. The Morgan fingerprint density at radius 1 is 1.00 bits per heavy atom. The van der Waals surface area contributed by atoms with Crippen LogP contribution in [0.5, 0.6) is 5.75 Å². The van der Waals surface area contributed by atoms with Crippen molar-refractivity contribution in [1.82, 2.24) is 0 Å². The molecule has 0 aliphatic carbocycles. The van der Waals surface area contributed by atoms with Crippen molar-refractivity contribution >= 4 is 34.2 Å². The van der Waals surface area contributed by atoms with Crippen LogP contribution in [0.3, 0.4) is 0 Å². The van der Waals surface area contributed by atoms with Gasteiger partial charge < -0.3 is 14.5 Å². The molecule has 0 aliphatic heterocycles. The number of nitrogens with zero attached hydrogens (tertiary/aromatic N) is 1. The number of terminal acetylenes is 1. The lowest BCUT2D eigenvalue weighted by Gasteiger charge is -2.29. The standard InChI is InChI=1S/C29H24N2O5/c1-5-25(32)31(20-13-15-21(35-4)16-14-20)27(29(34)30-26-18(2)9-8-10-19(26)3)23-17-36-24-12-7-6-11-22(24)28(23)33/h1,6-17,27H,2-4H3,(H,30,34). The molecule has 4 rings (SSSR count). The van der Waals surface area contributed by atoms with Gasteiger partial charge in [0.2, 0.25) is 0 Å². The number of carbonyl (C=O) groups excluding carboxylic acids is 2. The molecule has 1 unspecified atom stereocenters. The molecular weight excluding hydrogens is 456 g/mol. The van der Waals surface area contributed by atoms with Crippen molar-refractivity contribution in [3.05, 3.63) is 99.9 Å². The molecule has 0 bridgehead atoms. The first-order valence-electron chi connectivity index (χ1n) is 11.2. The molecule has 1 heterocycles. The maximum absolute atomic E-state index is 13.9. The van der Waals surface area contributed by atoms with E-state index in [9.17, 15) is 14.4 Å². The zero-order chi connectivity index (χ0) is 25.8. The zero-order valence-electron chi connectivity index (χ0n) is 20.1. The Bertz CT molecular complexity index is 1530. The number of amides is 2. The summed E-state index contributed by atoms with van der Waals surface area (Å²) in [6.45, 7) is 3.71. The summed E-state index contributed by atoms with van der Waals surface area (Å²) in [7, 11) is 1.51. The number of methoxy groups -OCH3 is 1. The number of anilines is 2. The van der Waals surface area contributed by atoms with Crippen LogP contribution in [0, 0.1) is 26.2 Å². The molecule has 0 aliphatic rings. The van der Waals surface area contributed by atoms with E-state index in [1.165, 1.54) is 13.4 Å². The number of hydrogen-bond acceptors (Lipinski definition) is 5. The van der Waals surface area contributed by atoms with Gasteiger partial charge in [-0.05, 0) is 67.3 Å². The molecule has 7 heteroatoms. The van der Waals surface area contributed by atoms with Crippen molar-refractivity contribution in [2.75, 3.05) is 17.3 Å². The Morgan fingerprint density at radius 3 is 2.31 bits per heavy atom. The molecule has 0 fully saturated rings. The highest BCUT2D eigenvalue weighted by molar-refractivity contribution is 6.11. The van der Waals surface area contributed by atoms with Gasteiger partial charge in [-0.25, -0.2) is 0 Å². The van der Waals surface area contributed by atoms with Gasteiger partial charge in [-0.1, -0.05) is 30.3 Å². The average molecular weight is 481 g/mol. The van der Waals surface area contributed by atoms with Crippen molar-refractivity contribution in [3.63, 3.8) is 0 Å².